The third-order valence-electron chi connectivity index (χ3n) is 3.99. The molecule has 0 aliphatic carbocycles. The fourth-order valence-corrected chi connectivity index (χ4v) is 4.40. The number of carbonyl (C=O) groups excluding carboxylic acids is 2. The van der Waals surface area contributed by atoms with Crippen LogP contribution in [0.25, 0.3) is 11.3 Å². The van der Waals surface area contributed by atoms with E-state index in [1.54, 1.807) is 6.08 Å². The summed E-state index contributed by atoms with van der Waals surface area (Å²) in [4.78, 5) is 39.4. The van der Waals surface area contributed by atoms with Crippen molar-refractivity contribution in [2.24, 2.45) is 0 Å². The van der Waals surface area contributed by atoms with Gasteiger partial charge in [-0.05, 0) is 12.1 Å². The number of thioether (sulfide) groups is 1. The number of nitro groups is 1. The predicted molar refractivity (Wildman–Crippen MR) is 123 cm³/mol. The van der Waals surface area contributed by atoms with E-state index in [4.69, 9.17) is 0 Å². The smallest absolute Gasteiger partial charge is 0.269 e. The predicted octanol–water partition coefficient (Wildman–Crippen LogP) is 4.36. The highest BCUT2D eigenvalue weighted by atomic mass is 32.2. The van der Waals surface area contributed by atoms with Gasteiger partial charge in [-0.1, -0.05) is 59.5 Å². The highest BCUT2D eigenvalue weighted by molar-refractivity contribution is 8.01. The number of thiazole rings is 1. The zero-order valence-electron chi connectivity index (χ0n) is 16.2. The van der Waals surface area contributed by atoms with Crippen molar-refractivity contribution >= 4 is 45.6 Å². The van der Waals surface area contributed by atoms with Gasteiger partial charge in [0.2, 0.25) is 5.91 Å². The summed E-state index contributed by atoms with van der Waals surface area (Å²) in [7, 11) is 0. The maximum atomic E-state index is 12.7. The van der Waals surface area contributed by atoms with E-state index >= 15 is 0 Å². The molecule has 1 aromatic heterocycles. The number of anilines is 1. The number of benzene rings is 2. The number of aromatic nitrogens is 1. The molecule has 0 fully saturated rings. The lowest BCUT2D eigenvalue weighted by Crippen LogP contribution is -2.24. The number of rotatable bonds is 9. The van der Waals surface area contributed by atoms with Crippen molar-refractivity contribution in [1.29, 1.82) is 0 Å². The second-order valence-electron chi connectivity index (χ2n) is 6.16. The monoisotopic (exact) mass is 454 g/mol. The summed E-state index contributed by atoms with van der Waals surface area (Å²) in [5.41, 5.74) is 1.61. The number of amides is 2. The number of hydrogen-bond acceptors (Lipinski definition) is 7. The first kappa shape index (κ1) is 22.2. The Labute approximate surface area is 186 Å². The Hall–Kier alpha value is -3.50. The lowest BCUT2D eigenvalue weighted by Gasteiger charge is -2.05. The largest absolute Gasteiger partial charge is 0.352 e. The van der Waals surface area contributed by atoms with E-state index in [1.807, 2.05) is 30.3 Å². The molecule has 0 bridgehead atoms. The molecule has 0 aliphatic rings. The van der Waals surface area contributed by atoms with Crippen molar-refractivity contribution < 1.29 is 14.5 Å². The first-order valence-corrected chi connectivity index (χ1v) is 10.9. The Kier molecular flexibility index (Phi) is 7.52. The van der Waals surface area contributed by atoms with Crippen LogP contribution in [-0.4, -0.2) is 34.0 Å². The molecule has 0 radical (unpaired) electrons. The van der Waals surface area contributed by atoms with E-state index in [-0.39, 0.29) is 22.9 Å². The SMILES string of the molecule is C=CCNC(=O)CSc1nc(-c2ccccc2)c(NC(=O)c2ccc([N+](=O)[O-])cc2)s1. The molecular formula is C21H18N4O4S2. The molecule has 10 heteroatoms. The Balaban J connectivity index is 1.81. The third-order valence-corrected chi connectivity index (χ3v) is 6.11. The minimum absolute atomic E-state index is 0.0901. The van der Waals surface area contributed by atoms with Gasteiger partial charge < -0.3 is 10.6 Å². The fourth-order valence-electron chi connectivity index (χ4n) is 2.51. The maximum absolute atomic E-state index is 12.7. The van der Waals surface area contributed by atoms with Gasteiger partial charge in [0, 0.05) is 29.8 Å². The van der Waals surface area contributed by atoms with Crippen LogP contribution in [0.5, 0.6) is 0 Å². The van der Waals surface area contributed by atoms with Crippen LogP contribution in [-0.2, 0) is 4.79 Å². The number of carbonyl (C=O) groups is 2. The summed E-state index contributed by atoms with van der Waals surface area (Å²) < 4.78 is 0.631. The molecule has 3 aromatic rings. The summed E-state index contributed by atoms with van der Waals surface area (Å²) in [6.07, 6.45) is 1.60. The van der Waals surface area contributed by atoms with Crippen LogP contribution in [0.4, 0.5) is 10.7 Å². The molecule has 1 heterocycles. The van der Waals surface area contributed by atoms with Gasteiger partial charge in [-0.15, -0.1) is 6.58 Å². The Morgan fingerprint density at radius 3 is 2.52 bits per heavy atom. The molecule has 0 spiro atoms. The highest BCUT2D eigenvalue weighted by Crippen LogP contribution is 2.37. The minimum atomic E-state index is -0.521. The molecule has 0 atom stereocenters. The standard InChI is InChI=1S/C21H18N4O4S2/c1-2-12-22-17(26)13-30-21-23-18(14-6-4-3-5-7-14)20(31-21)24-19(27)15-8-10-16(11-9-15)25(28)29/h2-11H,1,12-13H2,(H,22,26)(H,24,27). The molecular weight excluding hydrogens is 436 g/mol. The molecule has 2 aromatic carbocycles. The van der Waals surface area contributed by atoms with Gasteiger partial charge in [0.25, 0.3) is 11.6 Å². The molecule has 0 saturated carbocycles. The number of hydrogen-bond donors (Lipinski definition) is 2. The van der Waals surface area contributed by atoms with E-state index in [2.05, 4.69) is 22.2 Å². The summed E-state index contributed by atoms with van der Waals surface area (Å²) >= 11 is 2.53. The fraction of sp³-hybridized carbons (Fsp3) is 0.0952. The number of non-ortho nitro benzene ring substituents is 1. The van der Waals surface area contributed by atoms with Gasteiger partial charge in [-0.2, -0.15) is 0 Å². The van der Waals surface area contributed by atoms with E-state index in [9.17, 15) is 19.7 Å². The van der Waals surface area contributed by atoms with Gasteiger partial charge in [-0.3, -0.25) is 19.7 Å². The molecule has 8 nitrogen and oxygen atoms in total. The van der Waals surface area contributed by atoms with Gasteiger partial charge in [-0.25, -0.2) is 4.98 Å². The average molecular weight is 455 g/mol. The van der Waals surface area contributed by atoms with E-state index in [1.165, 1.54) is 47.4 Å². The Morgan fingerprint density at radius 2 is 1.87 bits per heavy atom. The van der Waals surface area contributed by atoms with Crippen LogP contribution < -0.4 is 10.6 Å². The van der Waals surface area contributed by atoms with Crippen LogP contribution >= 0.6 is 23.1 Å². The normalized spacial score (nSPS) is 10.3. The second kappa shape index (κ2) is 10.5. The quantitative estimate of drug-likeness (QED) is 0.215. The van der Waals surface area contributed by atoms with E-state index < -0.39 is 10.8 Å². The number of nitrogens with zero attached hydrogens (tertiary/aromatic N) is 2. The average Bonchev–Trinajstić information content (AvgIpc) is 3.19. The molecule has 0 saturated heterocycles. The van der Waals surface area contributed by atoms with Crippen molar-refractivity contribution in [2.75, 3.05) is 17.6 Å². The van der Waals surface area contributed by atoms with Crippen molar-refractivity contribution in [3.63, 3.8) is 0 Å². The highest BCUT2D eigenvalue weighted by Gasteiger charge is 2.18. The summed E-state index contributed by atoms with van der Waals surface area (Å²) in [6, 6.07) is 14.7. The third kappa shape index (κ3) is 6.00. The minimum Gasteiger partial charge on any atom is -0.352 e. The van der Waals surface area contributed by atoms with Gasteiger partial charge in [0.1, 0.15) is 10.7 Å². The zero-order chi connectivity index (χ0) is 22.2. The van der Waals surface area contributed by atoms with Gasteiger partial charge in [0.05, 0.1) is 10.7 Å². The van der Waals surface area contributed by atoms with Crippen LogP contribution in [0.15, 0.2) is 71.6 Å². The first-order valence-electron chi connectivity index (χ1n) is 9.10. The molecule has 2 amide bonds. The summed E-state index contributed by atoms with van der Waals surface area (Å²) in [5.74, 6) is -0.362. The maximum Gasteiger partial charge on any atom is 0.269 e. The molecule has 0 aliphatic heterocycles. The lowest BCUT2D eigenvalue weighted by atomic mass is 10.1. The second-order valence-corrected chi connectivity index (χ2v) is 8.38. The topological polar surface area (TPSA) is 114 Å². The van der Waals surface area contributed by atoms with Crippen molar-refractivity contribution in [3.05, 3.63) is 82.9 Å². The first-order chi connectivity index (χ1) is 15.0. The molecule has 3 rings (SSSR count). The van der Waals surface area contributed by atoms with Gasteiger partial charge in [0.15, 0.2) is 4.34 Å². The van der Waals surface area contributed by atoms with Crippen LogP contribution in [0.2, 0.25) is 0 Å². The number of nitro benzene ring substituents is 1. The van der Waals surface area contributed by atoms with Crippen LogP contribution in [0, 0.1) is 10.1 Å². The molecule has 2 N–H and O–H groups in total. The Morgan fingerprint density at radius 1 is 1.16 bits per heavy atom. The summed E-state index contributed by atoms with van der Waals surface area (Å²) in [5, 5.41) is 16.9. The molecule has 158 valence electrons. The zero-order valence-corrected chi connectivity index (χ0v) is 17.9. The number of nitrogens with one attached hydrogen (secondary N) is 2. The molecule has 31 heavy (non-hydrogen) atoms. The van der Waals surface area contributed by atoms with Gasteiger partial charge >= 0.3 is 0 Å². The Bertz CT molecular complexity index is 1100. The van der Waals surface area contributed by atoms with Crippen LogP contribution in [0.3, 0.4) is 0 Å². The van der Waals surface area contributed by atoms with E-state index in [0.29, 0.717) is 21.6 Å². The van der Waals surface area contributed by atoms with Crippen LogP contribution in [0.1, 0.15) is 10.4 Å². The lowest BCUT2D eigenvalue weighted by molar-refractivity contribution is -0.384. The van der Waals surface area contributed by atoms with Crippen molar-refractivity contribution in [2.45, 2.75) is 4.34 Å². The summed E-state index contributed by atoms with van der Waals surface area (Å²) in [6.45, 7) is 3.95. The molecule has 0 unspecified atom stereocenters. The van der Waals surface area contributed by atoms with Crippen molar-refractivity contribution in [3.8, 4) is 11.3 Å². The van der Waals surface area contributed by atoms with E-state index in [0.717, 1.165) is 5.56 Å². The van der Waals surface area contributed by atoms with Crippen molar-refractivity contribution in [1.82, 2.24) is 10.3 Å².